The Bertz CT molecular complexity index is 284. The van der Waals surface area contributed by atoms with Crippen LogP contribution in [0, 0.1) is 0 Å². The maximum Gasteiger partial charge on any atom is 0.0572 e. The molecule has 0 aliphatic rings. The molecule has 0 aliphatic heterocycles. The standard InChI is InChI=1S/C10H16N2S/c1-7(2)13-8-4-5-10(12-3)9(11)6-8/h4-7,12H,11H2,1-3H3. The molecule has 0 amide bonds. The summed E-state index contributed by atoms with van der Waals surface area (Å²) in [4.78, 5) is 1.23. The van der Waals surface area contributed by atoms with Crippen LogP contribution in [-0.4, -0.2) is 12.3 Å². The third-order valence-corrected chi connectivity index (χ3v) is 2.66. The molecule has 0 atom stereocenters. The lowest BCUT2D eigenvalue weighted by Crippen LogP contribution is -1.96. The molecular weight excluding hydrogens is 180 g/mol. The maximum atomic E-state index is 5.83. The summed E-state index contributed by atoms with van der Waals surface area (Å²) in [6.45, 7) is 4.35. The van der Waals surface area contributed by atoms with Gasteiger partial charge in [-0.25, -0.2) is 0 Å². The van der Waals surface area contributed by atoms with Crippen LogP contribution in [0.1, 0.15) is 13.8 Å². The van der Waals surface area contributed by atoms with E-state index in [4.69, 9.17) is 5.73 Å². The van der Waals surface area contributed by atoms with E-state index in [1.54, 1.807) is 0 Å². The highest BCUT2D eigenvalue weighted by atomic mass is 32.2. The first-order valence-corrected chi connectivity index (χ1v) is 5.25. The fraction of sp³-hybridized carbons (Fsp3) is 0.400. The summed E-state index contributed by atoms with van der Waals surface area (Å²) in [5.74, 6) is 0. The molecule has 0 radical (unpaired) electrons. The number of nitrogens with one attached hydrogen (secondary N) is 1. The van der Waals surface area contributed by atoms with Gasteiger partial charge in [0.2, 0.25) is 0 Å². The highest BCUT2D eigenvalue weighted by Gasteiger charge is 2.01. The Morgan fingerprint density at radius 1 is 1.38 bits per heavy atom. The molecule has 13 heavy (non-hydrogen) atoms. The lowest BCUT2D eigenvalue weighted by molar-refractivity contribution is 1.11. The van der Waals surface area contributed by atoms with Crippen LogP contribution in [0.25, 0.3) is 0 Å². The number of rotatable bonds is 3. The molecule has 0 fully saturated rings. The van der Waals surface area contributed by atoms with Gasteiger partial charge in [-0.05, 0) is 18.2 Å². The summed E-state index contributed by atoms with van der Waals surface area (Å²) in [6.07, 6.45) is 0. The number of benzene rings is 1. The lowest BCUT2D eigenvalue weighted by Gasteiger charge is -2.08. The zero-order chi connectivity index (χ0) is 9.84. The zero-order valence-corrected chi connectivity index (χ0v) is 9.11. The average Bonchev–Trinajstić information content (AvgIpc) is 2.03. The van der Waals surface area contributed by atoms with E-state index < -0.39 is 0 Å². The number of anilines is 2. The van der Waals surface area contributed by atoms with Gasteiger partial charge in [0.05, 0.1) is 11.4 Å². The first-order valence-electron chi connectivity index (χ1n) is 4.37. The molecule has 72 valence electrons. The fourth-order valence-electron chi connectivity index (χ4n) is 1.11. The van der Waals surface area contributed by atoms with Gasteiger partial charge < -0.3 is 11.1 Å². The van der Waals surface area contributed by atoms with Gasteiger partial charge in [0.25, 0.3) is 0 Å². The van der Waals surface area contributed by atoms with E-state index in [9.17, 15) is 0 Å². The summed E-state index contributed by atoms with van der Waals surface area (Å²) < 4.78 is 0. The highest BCUT2D eigenvalue weighted by molar-refractivity contribution is 7.99. The van der Waals surface area contributed by atoms with Gasteiger partial charge in [-0.3, -0.25) is 0 Å². The number of hydrogen-bond acceptors (Lipinski definition) is 3. The largest absolute Gasteiger partial charge is 0.397 e. The molecule has 1 rings (SSSR count). The van der Waals surface area contributed by atoms with Gasteiger partial charge in [0.1, 0.15) is 0 Å². The molecule has 1 aromatic carbocycles. The molecule has 0 aromatic heterocycles. The van der Waals surface area contributed by atoms with Crippen molar-refractivity contribution in [3.63, 3.8) is 0 Å². The second-order valence-electron chi connectivity index (χ2n) is 3.17. The van der Waals surface area contributed by atoms with Crippen LogP contribution in [0.2, 0.25) is 0 Å². The van der Waals surface area contributed by atoms with E-state index in [1.807, 2.05) is 30.9 Å². The first-order chi connectivity index (χ1) is 6.13. The van der Waals surface area contributed by atoms with Crippen molar-refractivity contribution in [3.8, 4) is 0 Å². The summed E-state index contributed by atoms with van der Waals surface area (Å²) in [6, 6.07) is 6.11. The molecular formula is C10H16N2S. The third kappa shape index (κ3) is 2.84. The lowest BCUT2D eigenvalue weighted by atomic mass is 10.3. The topological polar surface area (TPSA) is 38.0 Å². The van der Waals surface area contributed by atoms with E-state index in [0.29, 0.717) is 5.25 Å². The van der Waals surface area contributed by atoms with Gasteiger partial charge in [-0.2, -0.15) is 0 Å². The summed E-state index contributed by atoms with van der Waals surface area (Å²) in [7, 11) is 1.88. The van der Waals surface area contributed by atoms with Crippen LogP contribution in [0.5, 0.6) is 0 Å². The highest BCUT2D eigenvalue weighted by Crippen LogP contribution is 2.28. The van der Waals surface area contributed by atoms with Gasteiger partial charge in [0.15, 0.2) is 0 Å². The third-order valence-electron chi connectivity index (χ3n) is 1.66. The van der Waals surface area contributed by atoms with Gasteiger partial charge in [-0.15, -0.1) is 11.8 Å². The number of nitrogens with two attached hydrogens (primary N) is 1. The minimum atomic E-state index is 0.597. The Morgan fingerprint density at radius 3 is 2.54 bits per heavy atom. The normalized spacial score (nSPS) is 10.5. The van der Waals surface area contributed by atoms with Crippen molar-refractivity contribution >= 4 is 23.1 Å². The Kier molecular flexibility index (Phi) is 3.48. The van der Waals surface area contributed by atoms with E-state index in [1.165, 1.54) is 4.90 Å². The summed E-state index contributed by atoms with van der Waals surface area (Å²) in [5.41, 5.74) is 7.64. The molecule has 0 bridgehead atoms. The van der Waals surface area contributed by atoms with Crippen molar-refractivity contribution in [1.82, 2.24) is 0 Å². The predicted octanol–water partition coefficient (Wildman–Crippen LogP) is 2.81. The molecule has 0 heterocycles. The smallest absolute Gasteiger partial charge is 0.0572 e. The molecule has 0 unspecified atom stereocenters. The maximum absolute atomic E-state index is 5.83. The van der Waals surface area contributed by atoms with Gasteiger partial charge in [0, 0.05) is 17.2 Å². The monoisotopic (exact) mass is 196 g/mol. The van der Waals surface area contributed by atoms with Crippen molar-refractivity contribution in [2.24, 2.45) is 0 Å². The molecule has 0 aliphatic carbocycles. The van der Waals surface area contributed by atoms with E-state index in [2.05, 4.69) is 25.2 Å². The van der Waals surface area contributed by atoms with Crippen molar-refractivity contribution in [1.29, 1.82) is 0 Å². The van der Waals surface area contributed by atoms with E-state index >= 15 is 0 Å². The van der Waals surface area contributed by atoms with Crippen molar-refractivity contribution < 1.29 is 0 Å². The minimum absolute atomic E-state index is 0.597. The number of nitrogen functional groups attached to an aromatic ring is 1. The predicted molar refractivity (Wildman–Crippen MR) is 61.4 cm³/mol. The Labute approximate surface area is 83.9 Å². The number of thioether (sulfide) groups is 1. The van der Waals surface area contributed by atoms with Crippen molar-refractivity contribution in [2.45, 2.75) is 24.0 Å². The van der Waals surface area contributed by atoms with Crippen LogP contribution in [0.4, 0.5) is 11.4 Å². The van der Waals surface area contributed by atoms with Crippen LogP contribution < -0.4 is 11.1 Å². The van der Waals surface area contributed by atoms with E-state index in [-0.39, 0.29) is 0 Å². The second-order valence-corrected chi connectivity index (χ2v) is 4.82. The summed E-state index contributed by atoms with van der Waals surface area (Å²) >= 11 is 1.82. The molecule has 0 spiro atoms. The Balaban J connectivity index is 2.83. The molecule has 0 saturated carbocycles. The molecule has 2 nitrogen and oxygen atoms in total. The van der Waals surface area contributed by atoms with Crippen molar-refractivity contribution in [2.75, 3.05) is 18.1 Å². The fourth-order valence-corrected chi connectivity index (χ4v) is 2.00. The molecule has 3 heteroatoms. The SMILES string of the molecule is CNc1ccc(SC(C)C)cc1N. The first kappa shape index (κ1) is 10.3. The minimum Gasteiger partial charge on any atom is -0.397 e. The van der Waals surface area contributed by atoms with Gasteiger partial charge >= 0.3 is 0 Å². The molecule has 1 aromatic rings. The van der Waals surface area contributed by atoms with Crippen LogP contribution in [-0.2, 0) is 0 Å². The van der Waals surface area contributed by atoms with Gasteiger partial charge in [-0.1, -0.05) is 13.8 Å². The van der Waals surface area contributed by atoms with Crippen LogP contribution in [0.15, 0.2) is 23.1 Å². The van der Waals surface area contributed by atoms with Crippen molar-refractivity contribution in [3.05, 3.63) is 18.2 Å². The van der Waals surface area contributed by atoms with Crippen LogP contribution in [0.3, 0.4) is 0 Å². The zero-order valence-electron chi connectivity index (χ0n) is 8.29. The Morgan fingerprint density at radius 2 is 2.08 bits per heavy atom. The Hall–Kier alpha value is -0.830. The van der Waals surface area contributed by atoms with E-state index in [0.717, 1.165) is 11.4 Å². The molecule has 3 N–H and O–H groups in total. The summed E-state index contributed by atoms with van der Waals surface area (Å²) in [5, 5.41) is 3.64. The second kappa shape index (κ2) is 4.42. The number of hydrogen-bond donors (Lipinski definition) is 2. The average molecular weight is 196 g/mol. The quantitative estimate of drug-likeness (QED) is 0.576. The molecule has 0 saturated heterocycles. The van der Waals surface area contributed by atoms with Crippen LogP contribution >= 0.6 is 11.8 Å².